The molecule has 2 unspecified atom stereocenters. The van der Waals surface area contributed by atoms with Gasteiger partial charge in [0.2, 0.25) is 0 Å². The molecule has 0 radical (unpaired) electrons. The number of piperidine rings is 1. The Morgan fingerprint density at radius 2 is 2.47 bits per heavy atom. The summed E-state index contributed by atoms with van der Waals surface area (Å²) in [5.41, 5.74) is 6.89. The molecule has 0 spiro atoms. The van der Waals surface area contributed by atoms with Crippen LogP contribution in [0.5, 0.6) is 0 Å². The van der Waals surface area contributed by atoms with E-state index in [1.54, 1.807) is 0 Å². The normalized spacial score (nSPS) is 23.8. The molecule has 1 fully saturated rings. The minimum absolute atomic E-state index is 0.541. The van der Waals surface area contributed by atoms with Gasteiger partial charge in [0.05, 0.1) is 10.7 Å². The molecule has 1 aliphatic heterocycles. The van der Waals surface area contributed by atoms with Crippen molar-refractivity contribution in [3.63, 3.8) is 0 Å². The van der Waals surface area contributed by atoms with Crippen molar-refractivity contribution in [1.29, 1.82) is 0 Å². The number of hydrogen-bond acceptors (Lipinski definition) is 4. The van der Waals surface area contributed by atoms with Gasteiger partial charge in [-0.25, -0.2) is 4.98 Å². The van der Waals surface area contributed by atoms with Crippen LogP contribution in [0.3, 0.4) is 0 Å². The maximum atomic E-state index is 5.66. The van der Waals surface area contributed by atoms with Crippen LogP contribution in [0.15, 0.2) is 5.38 Å². The van der Waals surface area contributed by atoms with Crippen molar-refractivity contribution >= 4 is 11.3 Å². The van der Waals surface area contributed by atoms with Crippen LogP contribution in [0.4, 0.5) is 0 Å². The molecule has 1 aromatic heterocycles. The molecule has 1 aromatic rings. The average Bonchev–Trinajstić information content (AvgIpc) is 2.77. The first-order valence-electron chi connectivity index (χ1n) is 6.52. The van der Waals surface area contributed by atoms with Gasteiger partial charge >= 0.3 is 0 Å². The van der Waals surface area contributed by atoms with E-state index in [2.05, 4.69) is 24.3 Å². The Hall–Kier alpha value is -0.450. The Morgan fingerprint density at radius 1 is 1.65 bits per heavy atom. The number of nitrogens with zero attached hydrogens (tertiary/aromatic N) is 2. The minimum atomic E-state index is 0.541. The van der Waals surface area contributed by atoms with E-state index in [0.717, 1.165) is 13.0 Å². The maximum Gasteiger partial charge on any atom is 0.0972 e. The molecule has 2 rings (SSSR count). The molecule has 4 heteroatoms. The van der Waals surface area contributed by atoms with Gasteiger partial charge in [0.1, 0.15) is 0 Å². The number of thiazole rings is 1. The van der Waals surface area contributed by atoms with Crippen molar-refractivity contribution in [3.05, 3.63) is 16.1 Å². The van der Waals surface area contributed by atoms with Gasteiger partial charge in [-0.1, -0.05) is 6.92 Å². The Balaban J connectivity index is 1.97. The second kappa shape index (κ2) is 5.94. The van der Waals surface area contributed by atoms with Crippen molar-refractivity contribution in [2.45, 2.75) is 32.1 Å². The highest BCUT2D eigenvalue weighted by atomic mass is 32.1. The Morgan fingerprint density at radius 3 is 3.18 bits per heavy atom. The fourth-order valence-electron chi connectivity index (χ4n) is 2.41. The highest BCUT2D eigenvalue weighted by Gasteiger charge is 2.21. The standard InChI is InChI=1S/C13H23N3S/c1-10(7-14)6-12-9-17-13(15-12)11-4-3-5-16(2)8-11/h9-11H,3-8,14H2,1-2H3. The SMILES string of the molecule is CC(CN)Cc1csc(C2CCCN(C)C2)n1. The summed E-state index contributed by atoms with van der Waals surface area (Å²) in [5, 5.41) is 3.55. The van der Waals surface area contributed by atoms with Crippen LogP contribution in [-0.2, 0) is 6.42 Å². The van der Waals surface area contributed by atoms with E-state index in [9.17, 15) is 0 Å². The van der Waals surface area contributed by atoms with Crippen molar-refractivity contribution < 1.29 is 0 Å². The lowest BCUT2D eigenvalue weighted by molar-refractivity contribution is 0.250. The van der Waals surface area contributed by atoms with Crippen LogP contribution in [0.2, 0.25) is 0 Å². The van der Waals surface area contributed by atoms with Gasteiger partial charge in [0.25, 0.3) is 0 Å². The fourth-order valence-corrected chi connectivity index (χ4v) is 3.37. The molecular formula is C13H23N3S. The number of aromatic nitrogens is 1. The van der Waals surface area contributed by atoms with E-state index in [1.807, 2.05) is 11.3 Å². The predicted molar refractivity (Wildman–Crippen MR) is 73.5 cm³/mol. The summed E-state index contributed by atoms with van der Waals surface area (Å²) in [7, 11) is 2.21. The third-order valence-corrected chi connectivity index (χ3v) is 4.56. The van der Waals surface area contributed by atoms with E-state index in [-0.39, 0.29) is 0 Å². The van der Waals surface area contributed by atoms with Crippen LogP contribution in [0.1, 0.15) is 36.4 Å². The molecule has 0 bridgehead atoms. The Labute approximate surface area is 108 Å². The summed E-state index contributed by atoms with van der Waals surface area (Å²) in [6.45, 7) is 5.34. The summed E-state index contributed by atoms with van der Waals surface area (Å²) in [6.07, 6.45) is 3.62. The third kappa shape index (κ3) is 3.50. The van der Waals surface area contributed by atoms with Gasteiger partial charge in [-0.15, -0.1) is 11.3 Å². The molecule has 0 saturated carbocycles. The summed E-state index contributed by atoms with van der Waals surface area (Å²) in [5.74, 6) is 1.19. The first-order valence-corrected chi connectivity index (χ1v) is 7.40. The van der Waals surface area contributed by atoms with Crippen LogP contribution in [0, 0.1) is 5.92 Å². The van der Waals surface area contributed by atoms with Gasteiger partial charge in [-0.05, 0) is 45.3 Å². The molecule has 0 aliphatic carbocycles. The molecule has 0 amide bonds. The van der Waals surface area contributed by atoms with E-state index >= 15 is 0 Å². The molecule has 1 aliphatic rings. The van der Waals surface area contributed by atoms with Crippen molar-refractivity contribution in [1.82, 2.24) is 9.88 Å². The molecule has 2 N–H and O–H groups in total. The molecule has 3 nitrogen and oxygen atoms in total. The van der Waals surface area contributed by atoms with Crippen LogP contribution >= 0.6 is 11.3 Å². The van der Waals surface area contributed by atoms with Crippen LogP contribution in [-0.4, -0.2) is 36.6 Å². The summed E-state index contributed by atoms with van der Waals surface area (Å²) >= 11 is 1.83. The van der Waals surface area contributed by atoms with Gasteiger partial charge in [-0.2, -0.15) is 0 Å². The molecule has 2 heterocycles. The number of likely N-dealkylation sites (tertiary alicyclic amines) is 1. The van der Waals surface area contributed by atoms with Gasteiger partial charge in [0, 0.05) is 17.8 Å². The van der Waals surface area contributed by atoms with E-state index in [4.69, 9.17) is 10.7 Å². The fraction of sp³-hybridized carbons (Fsp3) is 0.769. The third-order valence-electron chi connectivity index (χ3n) is 3.50. The topological polar surface area (TPSA) is 42.1 Å². The number of likely N-dealkylation sites (N-methyl/N-ethyl adjacent to an activating group) is 1. The van der Waals surface area contributed by atoms with Crippen LogP contribution < -0.4 is 5.73 Å². The van der Waals surface area contributed by atoms with Gasteiger partial charge in [0.15, 0.2) is 0 Å². The summed E-state index contributed by atoms with van der Waals surface area (Å²) < 4.78 is 0. The Kier molecular flexibility index (Phi) is 4.54. The van der Waals surface area contributed by atoms with E-state index in [0.29, 0.717) is 11.8 Å². The van der Waals surface area contributed by atoms with Crippen molar-refractivity contribution in [2.75, 3.05) is 26.7 Å². The lowest BCUT2D eigenvalue weighted by atomic mass is 9.99. The van der Waals surface area contributed by atoms with E-state index < -0.39 is 0 Å². The van der Waals surface area contributed by atoms with Gasteiger partial charge < -0.3 is 10.6 Å². The van der Waals surface area contributed by atoms with Gasteiger partial charge in [-0.3, -0.25) is 0 Å². The second-order valence-electron chi connectivity index (χ2n) is 5.32. The number of rotatable bonds is 4. The van der Waals surface area contributed by atoms with E-state index in [1.165, 1.54) is 36.6 Å². The zero-order chi connectivity index (χ0) is 12.3. The highest BCUT2D eigenvalue weighted by molar-refractivity contribution is 7.09. The number of nitrogens with two attached hydrogens (primary N) is 1. The second-order valence-corrected chi connectivity index (χ2v) is 6.21. The quantitative estimate of drug-likeness (QED) is 0.893. The van der Waals surface area contributed by atoms with Crippen molar-refractivity contribution in [3.8, 4) is 0 Å². The minimum Gasteiger partial charge on any atom is -0.330 e. The van der Waals surface area contributed by atoms with Crippen molar-refractivity contribution in [2.24, 2.45) is 11.7 Å². The number of hydrogen-bond donors (Lipinski definition) is 1. The lowest BCUT2D eigenvalue weighted by Gasteiger charge is -2.28. The predicted octanol–water partition coefficient (Wildman–Crippen LogP) is 2.09. The molecular weight excluding hydrogens is 230 g/mol. The molecule has 2 atom stereocenters. The molecule has 96 valence electrons. The monoisotopic (exact) mass is 253 g/mol. The zero-order valence-corrected chi connectivity index (χ0v) is 11.7. The average molecular weight is 253 g/mol. The molecule has 17 heavy (non-hydrogen) atoms. The highest BCUT2D eigenvalue weighted by Crippen LogP contribution is 2.29. The maximum absolute atomic E-state index is 5.66. The first kappa shape index (κ1) is 13.0. The molecule has 0 aromatic carbocycles. The largest absolute Gasteiger partial charge is 0.330 e. The summed E-state index contributed by atoms with van der Waals surface area (Å²) in [4.78, 5) is 7.21. The lowest BCUT2D eigenvalue weighted by Crippen LogP contribution is -2.30. The first-order chi connectivity index (χ1) is 8.19. The Bertz CT molecular complexity index is 350. The summed E-state index contributed by atoms with van der Waals surface area (Å²) in [6, 6.07) is 0. The smallest absolute Gasteiger partial charge is 0.0972 e. The molecule has 1 saturated heterocycles. The van der Waals surface area contributed by atoms with Crippen LogP contribution in [0.25, 0.3) is 0 Å². The zero-order valence-electron chi connectivity index (χ0n) is 10.9.